The third-order valence-electron chi connectivity index (χ3n) is 4.34. The number of fused-ring (bicyclic) bond motifs is 1. The molecule has 0 amide bonds. The second-order valence-electron chi connectivity index (χ2n) is 5.81. The Hall–Kier alpha value is -3.01. The summed E-state index contributed by atoms with van der Waals surface area (Å²) in [6.45, 7) is 0.752. The molecule has 1 aliphatic rings. The first-order valence-electron chi connectivity index (χ1n) is 8.17. The first-order valence-corrected chi connectivity index (χ1v) is 8.17. The lowest BCUT2D eigenvalue weighted by atomic mass is 10.1. The number of aromatic nitrogens is 3. The van der Waals surface area contributed by atoms with Gasteiger partial charge in [0.15, 0.2) is 17.3 Å². The summed E-state index contributed by atoms with van der Waals surface area (Å²) in [4.78, 5) is 0. The average Bonchev–Trinajstić information content (AvgIpc) is 2.89. The Balaban J connectivity index is 2.08. The summed E-state index contributed by atoms with van der Waals surface area (Å²) < 4.78 is 12.4. The molecule has 1 aromatic carbocycles. The first-order chi connectivity index (χ1) is 12.2. The zero-order chi connectivity index (χ0) is 17.8. The molecule has 0 atom stereocenters. The van der Waals surface area contributed by atoms with Crippen LogP contribution in [0, 0.1) is 11.3 Å². The third-order valence-corrected chi connectivity index (χ3v) is 4.34. The van der Waals surface area contributed by atoms with E-state index >= 15 is 0 Å². The van der Waals surface area contributed by atoms with Crippen molar-refractivity contribution >= 4 is 11.3 Å². The Morgan fingerprint density at radius 3 is 2.68 bits per heavy atom. The van der Waals surface area contributed by atoms with E-state index in [2.05, 4.69) is 16.3 Å². The molecule has 7 nitrogen and oxygen atoms in total. The molecule has 0 spiro atoms. The lowest BCUT2D eigenvalue weighted by Crippen LogP contribution is -2.06. The van der Waals surface area contributed by atoms with Crippen molar-refractivity contribution in [3.63, 3.8) is 0 Å². The number of aliphatic hydroxyl groups excluding tert-OH is 1. The van der Waals surface area contributed by atoms with Crippen molar-refractivity contribution in [1.29, 1.82) is 5.26 Å². The molecule has 0 saturated heterocycles. The van der Waals surface area contributed by atoms with Gasteiger partial charge in [0.25, 0.3) is 0 Å². The Bertz CT molecular complexity index is 848. The van der Waals surface area contributed by atoms with Gasteiger partial charge in [0.1, 0.15) is 23.2 Å². The summed E-state index contributed by atoms with van der Waals surface area (Å²) in [6.07, 6.45) is 4.03. The van der Waals surface area contributed by atoms with Crippen molar-refractivity contribution in [2.75, 3.05) is 14.2 Å². The average molecular weight is 340 g/mol. The highest BCUT2D eigenvalue weighted by Gasteiger charge is 2.21. The van der Waals surface area contributed by atoms with E-state index in [1.54, 1.807) is 25.3 Å². The fourth-order valence-electron chi connectivity index (χ4n) is 3.01. The predicted octanol–water partition coefficient (Wildman–Crippen LogP) is 2.97. The molecule has 1 aromatic heterocycles. The van der Waals surface area contributed by atoms with Crippen LogP contribution in [0.25, 0.3) is 11.3 Å². The number of nitrogens with zero attached hydrogens (tertiary/aromatic N) is 4. The maximum Gasteiger partial charge on any atom is 0.178 e. The van der Waals surface area contributed by atoms with Crippen LogP contribution in [0.15, 0.2) is 18.2 Å². The van der Waals surface area contributed by atoms with Crippen LogP contribution in [-0.2, 0) is 13.0 Å². The molecule has 0 aliphatic carbocycles. The van der Waals surface area contributed by atoms with Crippen molar-refractivity contribution < 1.29 is 14.6 Å². The minimum Gasteiger partial charge on any atom is -0.506 e. The van der Waals surface area contributed by atoms with Crippen LogP contribution >= 0.6 is 0 Å². The SMILES string of the molecule is COc1ccc(C(O)=C(C#N)c2nnc3n2CCCCC3)cc1OC. The second kappa shape index (κ2) is 7.26. The van der Waals surface area contributed by atoms with Crippen molar-refractivity contribution in [1.82, 2.24) is 14.8 Å². The number of methoxy groups -OCH3 is 2. The zero-order valence-electron chi connectivity index (χ0n) is 14.3. The Morgan fingerprint density at radius 2 is 1.96 bits per heavy atom. The highest BCUT2D eigenvalue weighted by Crippen LogP contribution is 2.32. The molecule has 2 aromatic rings. The number of aliphatic hydroxyl groups is 1. The van der Waals surface area contributed by atoms with Crippen molar-refractivity contribution in [2.45, 2.75) is 32.2 Å². The largest absolute Gasteiger partial charge is 0.506 e. The van der Waals surface area contributed by atoms with E-state index in [0.29, 0.717) is 22.9 Å². The van der Waals surface area contributed by atoms with E-state index in [1.165, 1.54) is 7.11 Å². The van der Waals surface area contributed by atoms with Gasteiger partial charge in [-0.1, -0.05) is 6.42 Å². The van der Waals surface area contributed by atoms with Gasteiger partial charge in [-0.3, -0.25) is 0 Å². The molecule has 0 radical (unpaired) electrons. The zero-order valence-corrected chi connectivity index (χ0v) is 14.3. The smallest absolute Gasteiger partial charge is 0.178 e. The quantitative estimate of drug-likeness (QED) is 0.679. The molecule has 0 fully saturated rings. The molecule has 0 unspecified atom stereocenters. The van der Waals surface area contributed by atoms with Gasteiger partial charge < -0.3 is 19.1 Å². The van der Waals surface area contributed by atoms with Crippen LogP contribution in [0.1, 0.15) is 36.5 Å². The summed E-state index contributed by atoms with van der Waals surface area (Å²) in [5, 5.41) is 28.7. The topological polar surface area (TPSA) is 93.2 Å². The number of hydrogen-bond donors (Lipinski definition) is 1. The summed E-state index contributed by atoms with van der Waals surface area (Å²) >= 11 is 0. The minimum absolute atomic E-state index is 0.105. The monoisotopic (exact) mass is 340 g/mol. The van der Waals surface area contributed by atoms with Crippen LogP contribution in [-0.4, -0.2) is 34.1 Å². The molecule has 1 aliphatic heterocycles. The molecule has 25 heavy (non-hydrogen) atoms. The highest BCUT2D eigenvalue weighted by molar-refractivity contribution is 5.92. The second-order valence-corrected chi connectivity index (χ2v) is 5.81. The van der Waals surface area contributed by atoms with E-state index < -0.39 is 0 Å². The molecule has 1 N–H and O–H groups in total. The fraction of sp³-hybridized carbons (Fsp3) is 0.389. The molecule has 0 bridgehead atoms. The number of hydrogen-bond acceptors (Lipinski definition) is 6. The highest BCUT2D eigenvalue weighted by atomic mass is 16.5. The first kappa shape index (κ1) is 16.8. The van der Waals surface area contributed by atoms with Crippen molar-refractivity contribution in [2.24, 2.45) is 0 Å². The van der Waals surface area contributed by atoms with Gasteiger partial charge >= 0.3 is 0 Å². The van der Waals surface area contributed by atoms with Crippen LogP contribution in [0.5, 0.6) is 11.5 Å². The van der Waals surface area contributed by atoms with Gasteiger partial charge in [-0.25, -0.2) is 0 Å². The van der Waals surface area contributed by atoms with Gasteiger partial charge in [-0.05, 0) is 31.0 Å². The van der Waals surface area contributed by atoms with Crippen LogP contribution in [0.3, 0.4) is 0 Å². The maximum absolute atomic E-state index is 10.7. The number of ether oxygens (including phenoxy) is 2. The van der Waals surface area contributed by atoms with Crippen molar-refractivity contribution in [3.8, 4) is 17.6 Å². The minimum atomic E-state index is -0.150. The molecule has 130 valence electrons. The van der Waals surface area contributed by atoms with Crippen LogP contribution < -0.4 is 9.47 Å². The van der Waals surface area contributed by atoms with Crippen LogP contribution in [0.2, 0.25) is 0 Å². The van der Waals surface area contributed by atoms with Crippen LogP contribution in [0.4, 0.5) is 0 Å². The Morgan fingerprint density at radius 1 is 1.16 bits per heavy atom. The lowest BCUT2D eigenvalue weighted by molar-refractivity contribution is 0.354. The number of nitriles is 1. The van der Waals surface area contributed by atoms with Gasteiger partial charge in [-0.15, -0.1) is 10.2 Å². The summed E-state index contributed by atoms with van der Waals surface area (Å²) in [5.74, 6) is 2.15. The van der Waals surface area contributed by atoms with Gasteiger partial charge in [-0.2, -0.15) is 5.26 Å². The van der Waals surface area contributed by atoms with Crippen molar-refractivity contribution in [3.05, 3.63) is 35.4 Å². The third kappa shape index (κ3) is 3.15. The van der Waals surface area contributed by atoms with E-state index in [9.17, 15) is 10.4 Å². The number of benzene rings is 1. The van der Waals surface area contributed by atoms with Gasteiger partial charge in [0.2, 0.25) is 0 Å². The number of aryl methyl sites for hydroxylation is 1. The molecular weight excluding hydrogens is 320 g/mol. The predicted molar refractivity (Wildman–Crippen MR) is 92.2 cm³/mol. The molecule has 7 heteroatoms. The molecule has 0 saturated carbocycles. The lowest BCUT2D eigenvalue weighted by Gasteiger charge is -2.11. The summed E-state index contributed by atoms with van der Waals surface area (Å²) in [5.41, 5.74) is 0.563. The number of rotatable bonds is 4. The summed E-state index contributed by atoms with van der Waals surface area (Å²) in [6, 6.07) is 7.06. The van der Waals surface area contributed by atoms with E-state index in [0.717, 1.165) is 38.1 Å². The standard InChI is InChI=1S/C18H20N4O3/c1-24-14-8-7-12(10-15(14)25-2)17(23)13(11-19)18-21-20-16-6-4-3-5-9-22(16)18/h7-8,10,23H,3-6,9H2,1-2H3. The van der Waals surface area contributed by atoms with Gasteiger partial charge in [0.05, 0.1) is 14.2 Å². The Labute approximate surface area is 146 Å². The molecule has 3 rings (SSSR count). The normalized spacial score (nSPS) is 14.8. The van der Waals surface area contributed by atoms with E-state index in [1.807, 2.05) is 4.57 Å². The molecule has 2 heterocycles. The maximum atomic E-state index is 10.7. The fourth-order valence-corrected chi connectivity index (χ4v) is 3.01. The van der Waals surface area contributed by atoms with E-state index in [4.69, 9.17) is 9.47 Å². The molecular formula is C18H20N4O3. The van der Waals surface area contributed by atoms with E-state index in [-0.39, 0.29) is 11.3 Å². The van der Waals surface area contributed by atoms with Gasteiger partial charge in [0, 0.05) is 18.5 Å². The number of allylic oxidation sites excluding steroid dienone is 1. The summed E-state index contributed by atoms with van der Waals surface area (Å²) in [7, 11) is 3.06. The Kier molecular flexibility index (Phi) is 4.89.